The molecule has 0 bridgehead atoms. The van der Waals surface area contributed by atoms with Crippen molar-refractivity contribution in [1.29, 1.82) is 0 Å². The van der Waals surface area contributed by atoms with Crippen LogP contribution in [0.3, 0.4) is 0 Å². The van der Waals surface area contributed by atoms with Gasteiger partial charge >= 0.3 is 0 Å². The van der Waals surface area contributed by atoms with Crippen molar-refractivity contribution in [2.24, 2.45) is 0 Å². The summed E-state index contributed by atoms with van der Waals surface area (Å²) in [5.74, 6) is -0.000576. The number of fused-ring (bicyclic) bond motifs is 1. The molecular weight excluding hydrogens is 276 g/mol. The van der Waals surface area contributed by atoms with Crippen LogP contribution in [-0.2, 0) is 21.2 Å². The maximum atomic E-state index is 12.4. The molecule has 2 rings (SSSR count). The molecule has 0 aliphatic carbocycles. The van der Waals surface area contributed by atoms with Gasteiger partial charge in [-0.3, -0.25) is 4.31 Å². The number of rotatable bonds is 5. The van der Waals surface area contributed by atoms with Gasteiger partial charge in [-0.1, -0.05) is 6.07 Å². The van der Waals surface area contributed by atoms with Crippen LogP contribution in [0.15, 0.2) is 18.2 Å². The number of benzene rings is 1. The molecule has 0 saturated carbocycles. The van der Waals surface area contributed by atoms with E-state index in [2.05, 4.69) is 0 Å². The Balaban J connectivity index is 2.20. The van der Waals surface area contributed by atoms with Gasteiger partial charge in [-0.25, -0.2) is 8.42 Å². The van der Waals surface area contributed by atoms with E-state index in [0.717, 1.165) is 24.1 Å². The van der Waals surface area contributed by atoms with Crippen LogP contribution < -0.4 is 10.0 Å². The van der Waals surface area contributed by atoms with E-state index >= 15 is 0 Å². The standard InChI is InChI=1S/C14H22N2O3S/c1-11(2)19-9-10-20(17,18)16-8-4-5-12-13(15)6-3-7-14(12)16/h3,6-7,11H,4-5,8-10,15H2,1-2H3. The molecule has 0 aromatic heterocycles. The van der Waals surface area contributed by atoms with Crippen molar-refractivity contribution in [3.63, 3.8) is 0 Å². The van der Waals surface area contributed by atoms with Crippen LogP contribution in [0, 0.1) is 0 Å². The molecule has 6 heteroatoms. The minimum Gasteiger partial charge on any atom is -0.398 e. The predicted octanol–water partition coefficient (Wildman–Crippen LogP) is 1.78. The minimum atomic E-state index is -3.36. The zero-order valence-electron chi connectivity index (χ0n) is 12.0. The molecule has 1 heterocycles. The third kappa shape index (κ3) is 3.24. The Morgan fingerprint density at radius 1 is 1.40 bits per heavy atom. The summed E-state index contributed by atoms with van der Waals surface area (Å²) in [4.78, 5) is 0. The SMILES string of the molecule is CC(C)OCCS(=O)(=O)N1CCCc2c(N)cccc21. The van der Waals surface area contributed by atoms with E-state index in [1.54, 1.807) is 6.07 Å². The quantitative estimate of drug-likeness (QED) is 0.841. The summed E-state index contributed by atoms with van der Waals surface area (Å²) in [5.41, 5.74) is 8.27. The molecule has 0 fully saturated rings. The average molecular weight is 298 g/mol. The van der Waals surface area contributed by atoms with Crippen LogP contribution in [0.2, 0.25) is 0 Å². The fourth-order valence-electron chi connectivity index (χ4n) is 2.41. The van der Waals surface area contributed by atoms with Crippen molar-refractivity contribution in [1.82, 2.24) is 0 Å². The second kappa shape index (κ2) is 6.01. The van der Waals surface area contributed by atoms with Gasteiger partial charge in [0.05, 0.1) is 24.2 Å². The average Bonchev–Trinajstić information content (AvgIpc) is 2.38. The van der Waals surface area contributed by atoms with E-state index < -0.39 is 10.0 Å². The van der Waals surface area contributed by atoms with Crippen molar-refractivity contribution in [3.8, 4) is 0 Å². The van der Waals surface area contributed by atoms with E-state index in [4.69, 9.17) is 10.5 Å². The maximum Gasteiger partial charge on any atom is 0.237 e. The Labute approximate surface area is 120 Å². The number of nitrogens with zero attached hydrogens (tertiary/aromatic N) is 1. The molecule has 1 aliphatic heterocycles. The molecular formula is C14H22N2O3S. The maximum absolute atomic E-state index is 12.4. The van der Waals surface area contributed by atoms with Gasteiger partial charge in [-0.05, 0) is 44.4 Å². The van der Waals surface area contributed by atoms with E-state index in [-0.39, 0.29) is 18.5 Å². The van der Waals surface area contributed by atoms with Crippen molar-refractivity contribution >= 4 is 21.4 Å². The first-order valence-electron chi connectivity index (χ1n) is 6.91. The first-order valence-corrected chi connectivity index (χ1v) is 8.52. The highest BCUT2D eigenvalue weighted by Gasteiger charge is 2.28. The smallest absolute Gasteiger partial charge is 0.237 e. The Hall–Kier alpha value is -1.27. The lowest BCUT2D eigenvalue weighted by molar-refractivity contribution is 0.0912. The molecule has 2 N–H and O–H groups in total. The summed E-state index contributed by atoms with van der Waals surface area (Å²) >= 11 is 0. The monoisotopic (exact) mass is 298 g/mol. The van der Waals surface area contributed by atoms with Crippen LogP contribution >= 0.6 is 0 Å². The Morgan fingerprint density at radius 3 is 2.85 bits per heavy atom. The van der Waals surface area contributed by atoms with Crippen LogP contribution in [0.4, 0.5) is 11.4 Å². The lowest BCUT2D eigenvalue weighted by atomic mass is 10.0. The molecule has 1 aromatic rings. The number of nitrogen functional groups attached to an aromatic ring is 1. The summed E-state index contributed by atoms with van der Waals surface area (Å²) in [6.07, 6.45) is 1.66. The number of hydrogen-bond acceptors (Lipinski definition) is 4. The van der Waals surface area contributed by atoms with Crippen LogP contribution in [0.1, 0.15) is 25.8 Å². The predicted molar refractivity (Wildman–Crippen MR) is 81.4 cm³/mol. The Morgan fingerprint density at radius 2 is 2.15 bits per heavy atom. The highest BCUT2D eigenvalue weighted by molar-refractivity contribution is 7.92. The second-order valence-electron chi connectivity index (χ2n) is 5.26. The van der Waals surface area contributed by atoms with Crippen molar-refractivity contribution < 1.29 is 13.2 Å². The highest BCUT2D eigenvalue weighted by atomic mass is 32.2. The van der Waals surface area contributed by atoms with Gasteiger partial charge < -0.3 is 10.5 Å². The fraction of sp³-hybridized carbons (Fsp3) is 0.571. The molecule has 1 aliphatic rings. The zero-order chi connectivity index (χ0) is 14.8. The topological polar surface area (TPSA) is 72.6 Å². The van der Waals surface area contributed by atoms with Crippen LogP contribution in [-0.4, -0.2) is 33.4 Å². The van der Waals surface area contributed by atoms with Crippen molar-refractivity contribution in [2.75, 3.05) is 28.9 Å². The highest BCUT2D eigenvalue weighted by Crippen LogP contribution is 2.33. The van der Waals surface area contributed by atoms with Crippen LogP contribution in [0.25, 0.3) is 0 Å². The molecule has 1 aromatic carbocycles. The summed E-state index contributed by atoms with van der Waals surface area (Å²) in [6.45, 7) is 4.52. The van der Waals surface area contributed by atoms with Crippen molar-refractivity contribution in [3.05, 3.63) is 23.8 Å². The van der Waals surface area contributed by atoms with Crippen LogP contribution in [0.5, 0.6) is 0 Å². The Kier molecular flexibility index (Phi) is 4.55. The number of hydrogen-bond donors (Lipinski definition) is 1. The molecule has 0 spiro atoms. The van der Waals surface area contributed by atoms with E-state index in [1.165, 1.54) is 4.31 Å². The fourth-order valence-corrected chi connectivity index (χ4v) is 3.81. The van der Waals surface area contributed by atoms with Gasteiger partial charge in [0.1, 0.15) is 0 Å². The lowest BCUT2D eigenvalue weighted by Gasteiger charge is -2.31. The zero-order valence-corrected chi connectivity index (χ0v) is 12.8. The Bertz CT molecular complexity index is 570. The van der Waals surface area contributed by atoms with Crippen molar-refractivity contribution in [2.45, 2.75) is 32.8 Å². The van der Waals surface area contributed by atoms with Gasteiger partial charge in [0, 0.05) is 12.2 Å². The molecule has 0 unspecified atom stereocenters. The first-order chi connectivity index (χ1) is 9.42. The molecule has 112 valence electrons. The largest absolute Gasteiger partial charge is 0.398 e. The molecule has 0 amide bonds. The second-order valence-corrected chi connectivity index (χ2v) is 7.27. The molecule has 20 heavy (non-hydrogen) atoms. The summed E-state index contributed by atoms with van der Waals surface area (Å²) in [5, 5.41) is 0. The van der Waals surface area contributed by atoms with E-state index in [9.17, 15) is 8.42 Å². The normalized spacial score (nSPS) is 15.4. The van der Waals surface area contributed by atoms with Gasteiger partial charge in [0.15, 0.2) is 0 Å². The summed E-state index contributed by atoms with van der Waals surface area (Å²) < 4.78 is 31.7. The number of ether oxygens (including phenoxy) is 1. The number of anilines is 2. The van der Waals surface area contributed by atoms with E-state index in [1.807, 2.05) is 26.0 Å². The van der Waals surface area contributed by atoms with E-state index in [0.29, 0.717) is 12.2 Å². The summed E-state index contributed by atoms with van der Waals surface area (Å²) in [7, 11) is -3.36. The van der Waals surface area contributed by atoms with Gasteiger partial charge in [0.25, 0.3) is 0 Å². The molecule has 0 radical (unpaired) electrons. The third-order valence-corrected chi connectivity index (χ3v) is 5.11. The van der Waals surface area contributed by atoms with Gasteiger partial charge in [0.2, 0.25) is 10.0 Å². The number of nitrogens with two attached hydrogens (primary N) is 1. The first kappa shape index (κ1) is 15.1. The minimum absolute atomic E-state index is 0.000576. The number of sulfonamides is 1. The molecule has 0 saturated heterocycles. The third-order valence-electron chi connectivity index (χ3n) is 3.37. The molecule has 5 nitrogen and oxygen atoms in total. The lowest BCUT2D eigenvalue weighted by Crippen LogP contribution is -2.38. The van der Waals surface area contributed by atoms with Gasteiger partial charge in [-0.15, -0.1) is 0 Å². The van der Waals surface area contributed by atoms with Gasteiger partial charge in [-0.2, -0.15) is 0 Å². The summed E-state index contributed by atoms with van der Waals surface area (Å²) in [6, 6.07) is 5.44. The molecule has 0 atom stereocenters.